The number of aromatic nitrogens is 1. The van der Waals surface area contributed by atoms with Crippen LogP contribution in [-0.2, 0) is 4.79 Å². The summed E-state index contributed by atoms with van der Waals surface area (Å²) in [5.41, 5.74) is 7.92. The van der Waals surface area contributed by atoms with E-state index in [0.29, 0.717) is 17.4 Å². The highest BCUT2D eigenvalue weighted by Gasteiger charge is 2.20. The minimum absolute atomic E-state index is 0. The number of carbonyl (C=O) groups excluding carboxylic acids is 1. The summed E-state index contributed by atoms with van der Waals surface area (Å²) in [6.07, 6.45) is -2.00. The summed E-state index contributed by atoms with van der Waals surface area (Å²) < 4.78 is 0. The van der Waals surface area contributed by atoms with Gasteiger partial charge in [0.05, 0.1) is 11.8 Å². The molecule has 1 heterocycles. The first kappa shape index (κ1) is 21.6. The van der Waals surface area contributed by atoms with Crippen LogP contribution in [-0.4, -0.2) is 27.6 Å². The van der Waals surface area contributed by atoms with Crippen LogP contribution in [0.15, 0.2) is 60.0 Å². The molecule has 0 fully saturated rings. The predicted molar refractivity (Wildman–Crippen MR) is 114 cm³/mol. The van der Waals surface area contributed by atoms with Gasteiger partial charge in [0.1, 0.15) is 0 Å². The standard InChI is InChI=1S/C19H20N4O3S.ClH/c20-19-23-15(11-27-19)17(25)18(26)22-14-8-6-13(7-9-14)21-10-16(24)12-4-2-1-3-5-12;/h1-9,11,16-17,21,24-25H,10H2,(H2,20,23)(H,22,26);1H. The number of hydrogen-bond acceptors (Lipinski definition) is 7. The largest absolute Gasteiger partial charge is 0.387 e. The van der Waals surface area contributed by atoms with Crippen LogP contribution >= 0.6 is 23.7 Å². The van der Waals surface area contributed by atoms with Gasteiger partial charge in [-0.05, 0) is 29.8 Å². The van der Waals surface area contributed by atoms with Crippen molar-refractivity contribution in [1.29, 1.82) is 0 Å². The Labute approximate surface area is 172 Å². The first-order valence-corrected chi connectivity index (χ1v) is 9.17. The van der Waals surface area contributed by atoms with E-state index in [2.05, 4.69) is 15.6 Å². The number of nitrogen functional groups attached to an aromatic ring is 1. The average Bonchev–Trinajstić information content (AvgIpc) is 3.13. The van der Waals surface area contributed by atoms with Gasteiger partial charge in [-0.2, -0.15) is 0 Å². The fraction of sp³-hybridized carbons (Fsp3) is 0.158. The molecule has 0 radical (unpaired) electrons. The molecule has 0 aliphatic carbocycles. The second kappa shape index (κ2) is 10.0. The second-order valence-corrected chi connectivity index (χ2v) is 6.78. The van der Waals surface area contributed by atoms with Crippen molar-refractivity contribution in [1.82, 2.24) is 4.98 Å². The number of nitrogens with zero attached hydrogens (tertiary/aromatic N) is 1. The van der Waals surface area contributed by atoms with Gasteiger partial charge in [0.25, 0.3) is 5.91 Å². The molecule has 2 aromatic carbocycles. The normalized spacial score (nSPS) is 12.5. The number of amides is 1. The molecule has 0 bridgehead atoms. The van der Waals surface area contributed by atoms with Gasteiger partial charge in [-0.25, -0.2) is 4.98 Å². The molecule has 0 aliphatic rings. The summed E-state index contributed by atoms with van der Waals surface area (Å²) in [5.74, 6) is -0.583. The van der Waals surface area contributed by atoms with Crippen molar-refractivity contribution >= 4 is 46.2 Å². The van der Waals surface area contributed by atoms with Crippen molar-refractivity contribution in [2.24, 2.45) is 0 Å². The van der Waals surface area contributed by atoms with Crippen LogP contribution in [0.4, 0.5) is 16.5 Å². The zero-order valence-electron chi connectivity index (χ0n) is 14.8. The zero-order chi connectivity index (χ0) is 19.2. The average molecular weight is 421 g/mol. The van der Waals surface area contributed by atoms with E-state index in [1.54, 1.807) is 29.6 Å². The fourth-order valence-corrected chi connectivity index (χ4v) is 3.03. The van der Waals surface area contributed by atoms with Crippen LogP contribution in [0.3, 0.4) is 0 Å². The van der Waals surface area contributed by atoms with Gasteiger partial charge in [0.15, 0.2) is 11.2 Å². The monoisotopic (exact) mass is 420 g/mol. The molecule has 1 amide bonds. The van der Waals surface area contributed by atoms with Gasteiger partial charge >= 0.3 is 0 Å². The van der Waals surface area contributed by atoms with Gasteiger partial charge in [0.2, 0.25) is 0 Å². The molecular weight excluding hydrogens is 400 g/mol. The van der Waals surface area contributed by atoms with E-state index >= 15 is 0 Å². The van der Waals surface area contributed by atoms with E-state index in [-0.39, 0.29) is 18.1 Å². The first-order chi connectivity index (χ1) is 13.0. The zero-order valence-corrected chi connectivity index (χ0v) is 16.4. The third-order valence-electron chi connectivity index (χ3n) is 3.90. The quantitative estimate of drug-likeness (QED) is 0.400. The number of thiazole rings is 1. The van der Waals surface area contributed by atoms with Crippen molar-refractivity contribution in [3.63, 3.8) is 0 Å². The highest BCUT2D eigenvalue weighted by molar-refractivity contribution is 7.13. The number of nitrogens with two attached hydrogens (primary N) is 1. The molecule has 9 heteroatoms. The van der Waals surface area contributed by atoms with E-state index in [1.165, 1.54) is 0 Å². The van der Waals surface area contributed by atoms with Gasteiger partial charge in [-0.15, -0.1) is 23.7 Å². The third kappa shape index (κ3) is 5.67. The number of aliphatic hydroxyl groups is 2. The molecule has 1 aromatic heterocycles. The summed E-state index contributed by atoms with van der Waals surface area (Å²) in [6.45, 7) is 0.361. The number of hydrogen-bond donors (Lipinski definition) is 5. The maximum Gasteiger partial charge on any atom is 0.259 e. The van der Waals surface area contributed by atoms with Crippen LogP contribution in [0.5, 0.6) is 0 Å². The van der Waals surface area contributed by atoms with Gasteiger partial charge in [-0.1, -0.05) is 30.3 Å². The smallest absolute Gasteiger partial charge is 0.259 e. The van der Waals surface area contributed by atoms with Crippen LogP contribution < -0.4 is 16.4 Å². The predicted octanol–water partition coefficient (Wildman–Crippen LogP) is 2.96. The number of rotatable bonds is 7. The van der Waals surface area contributed by atoms with E-state index in [0.717, 1.165) is 22.6 Å². The number of carbonyl (C=O) groups is 1. The first-order valence-electron chi connectivity index (χ1n) is 8.29. The molecule has 0 aliphatic heterocycles. The Bertz CT molecular complexity index is 890. The van der Waals surface area contributed by atoms with E-state index in [9.17, 15) is 15.0 Å². The Balaban J connectivity index is 0.00000280. The fourth-order valence-electron chi connectivity index (χ4n) is 2.45. The highest BCUT2D eigenvalue weighted by atomic mass is 35.5. The minimum atomic E-state index is -1.38. The van der Waals surface area contributed by atoms with Gasteiger partial charge in [-0.3, -0.25) is 4.79 Å². The number of benzene rings is 2. The third-order valence-corrected chi connectivity index (χ3v) is 4.60. The second-order valence-electron chi connectivity index (χ2n) is 5.89. The molecule has 3 aromatic rings. The Morgan fingerprint density at radius 3 is 2.32 bits per heavy atom. The Morgan fingerprint density at radius 1 is 1.07 bits per heavy atom. The topological polar surface area (TPSA) is 121 Å². The van der Waals surface area contributed by atoms with Gasteiger partial charge < -0.3 is 26.6 Å². The van der Waals surface area contributed by atoms with Crippen LogP contribution in [0.1, 0.15) is 23.5 Å². The summed E-state index contributed by atoms with van der Waals surface area (Å²) in [7, 11) is 0. The van der Waals surface area contributed by atoms with Crippen molar-refractivity contribution < 1.29 is 15.0 Å². The number of aliphatic hydroxyl groups excluding tert-OH is 2. The van der Waals surface area contributed by atoms with Crippen molar-refractivity contribution in [2.45, 2.75) is 12.2 Å². The summed E-state index contributed by atoms with van der Waals surface area (Å²) in [5, 5.41) is 27.8. The Kier molecular flexibility index (Phi) is 7.77. The van der Waals surface area contributed by atoms with E-state index in [1.807, 2.05) is 30.3 Å². The molecule has 0 saturated carbocycles. The summed E-state index contributed by atoms with van der Waals surface area (Å²) in [4.78, 5) is 16.0. The summed E-state index contributed by atoms with van der Waals surface area (Å²) >= 11 is 1.16. The lowest BCUT2D eigenvalue weighted by molar-refractivity contribution is -0.124. The SMILES string of the molecule is Cl.Nc1nc(C(O)C(=O)Nc2ccc(NCC(O)c3ccccc3)cc2)cs1. The van der Waals surface area contributed by atoms with Crippen molar-refractivity contribution in [2.75, 3.05) is 22.9 Å². The molecule has 148 valence electrons. The maximum atomic E-state index is 12.1. The van der Waals surface area contributed by atoms with Crippen LogP contribution in [0.2, 0.25) is 0 Å². The molecule has 2 atom stereocenters. The molecule has 6 N–H and O–H groups in total. The maximum absolute atomic E-state index is 12.1. The molecule has 0 spiro atoms. The van der Waals surface area contributed by atoms with Crippen LogP contribution in [0, 0.1) is 0 Å². The molecule has 0 saturated heterocycles. The molecule has 7 nitrogen and oxygen atoms in total. The van der Waals surface area contributed by atoms with Gasteiger partial charge in [0, 0.05) is 23.3 Å². The number of nitrogens with one attached hydrogen (secondary N) is 2. The van der Waals surface area contributed by atoms with Crippen molar-refractivity contribution in [3.8, 4) is 0 Å². The minimum Gasteiger partial charge on any atom is -0.387 e. The molecular formula is C19H21ClN4O3S. The lowest BCUT2D eigenvalue weighted by Crippen LogP contribution is -2.21. The van der Waals surface area contributed by atoms with Crippen molar-refractivity contribution in [3.05, 3.63) is 71.2 Å². The van der Waals surface area contributed by atoms with E-state index in [4.69, 9.17) is 5.73 Å². The Hall–Kier alpha value is -2.65. The van der Waals surface area contributed by atoms with Crippen LogP contribution in [0.25, 0.3) is 0 Å². The number of halogens is 1. The van der Waals surface area contributed by atoms with E-state index < -0.39 is 18.1 Å². The Morgan fingerprint density at radius 2 is 1.71 bits per heavy atom. The lowest BCUT2D eigenvalue weighted by Gasteiger charge is -2.14. The summed E-state index contributed by atoms with van der Waals surface area (Å²) in [6, 6.07) is 16.4. The molecule has 2 unspecified atom stereocenters. The lowest BCUT2D eigenvalue weighted by atomic mass is 10.1. The highest BCUT2D eigenvalue weighted by Crippen LogP contribution is 2.21. The molecule has 28 heavy (non-hydrogen) atoms. The molecule has 3 rings (SSSR count). The number of anilines is 3.